The number of allylic oxidation sites excluding steroid dienone is 5. The van der Waals surface area contributed by atoms with E-state index in [1.807, 2.05) is 54.6 Å². The van der Waals surface area contributed by atoms with Crippen molar-refractivity contribution >= 4 is 5.76 Å². The Morgan fingerprint density at radius 3 is 2.15 bits per heavy atom. The van der Waals surface area contributed by atoms with E-state index in [-0.39, 0.29) is 0 Å². The molecule has 1 heteroatoms. The lowest BCUT2D eigenvalue weighted by Crippen LogP contribution is -1.87. The molecule has 0 saturated carbocycles. The van der Waals surface area contributed by atoms with Crippen molar-refractivity contribution in [3.8, 4) is 0 Å². The first-order valence-electron chi connectivity index (χ1n) is 6.74. The second-order valence-corrected chi connectivity index (χ2v) is 4.88. The predicted molar refractivity (Wildman–Crippen MR) is 83.4 cm³/mol. The molecule has 0 unspecified atom stereocenters. The van der Waals surface area contributed by atoms with Gasteiger partial charge in [-0.1, -0.05) is 72.8 Å². The maximum absolute atomic E-state index is 10.3. The topological polar surface area (TPSA) is 20.2 Å². The number of aliphatic hydroxyl groups excluding tert-OH is 1. The van der Waals surface area contributed by atoms with Crippen molar-refractivity contribution in [3.63, 3.8) is 0 Å². The highest BCUT2D eigenvalue weighted by molar-refractivity contribution is 5.70. The number of aliphatic hydroxyl groups is 1. The minimum absolute atomic E-state index is 0.338. The molecule has 20 heavy (non-hydrogen) atoms. The quantitative estimate of drug-likeness (QED) is 0.793. The molecule has 0 atom stereocenters. The minimum atomic E-state index is 0.338. The summed E-state index contributed by atoms with van der Waals surface area (Å²) in [5, 5.41) is 10.3. The molecule has 2 aromatic rings. The molecule has 1 N–H and O–H groups in total. The summed E-state index contributed by atoms with van der Waals surface area (Å²) in [4.78, 5) is 0. The molecule has 1 aliphatic carbocycles. The molecule has 0 heterocycles. The van der Waals surface area contributed by atoms with Crippen LogP contribution < -0.4 is 0 Å². The van der Waals surface area contributed by atoms with Gasteiger partial charge in [0.1, 0.15) is 5.76 Å². The fourth-order valence-corrected chi connectivity index (χ4v) is 2.34. The molecule has 0 radical (unpaired) electrons. The molecule has 3 rings (SSSR count). The summed E-state index contributed by atoms with van der Waals surface area (Å²) >= 11 is 0. The average molecular weight is 260 g/mol. The van der Waals surface area contributed by atoms with E-state index in [0.29, 0.717) is 5.76 Å². The average Bonchev–Trinajstić information content (AvgIpc) is 2.97. The zero-order valence-electron chi connectivity index (χ0n) is 11.2. The first kappa shape index (κ1) is 12.5. The molecule has 1 nitrogen and oxygen atoms in total. The van der Waals surface area contributed by atoms with Crippen LogP contribution in [0.15, 0.2) is 90.0 Å². The van der Waals surface area contributed by atoms with E-state index in [1.165, 1.54) is 11.1 Å². The maximum atomic E-state index is 10.3. The number of hydrogen-bond donors (Lipinski definition) is 1. The molecule has 0 amide bonds. The van der Waals surface area contributed by atoms with Crippen molar-refractivity contribution in [2.75, 3.05) is 0 Å². The van der Waals surface area contributed by atoms with Gasteiger partial charge in [-0.2, -0.15) is 0 Å². The minimum Gasteiger partial charge on any atom is -0.507 e. The Morgan fingerprint density at radius 1 is 0.800 bits per heavy atom. The number of hydrogen-bond acceptors (Lipinski definition) is 1. The van der Waals surface area contributed by atoms with Crippen LogP contribution in [0.25, 0.3) is 5.76 Å². The van der Waals surface area contributed by atoms with Gasteiger partial charge >= 0.3 is 0 Å². The van der Waals surface area contributed by atoms with Gasteiger partial charge < -0.3 is 5.11 Å². The van der Waals surface area contributed by atoms with E-state index >= 15 is 0 Å². The number of benzene rings is 2. The van der Waals surface area contributed by atoms with Gasteiger partial charge in [-0.15, -0.1) is 0 Å². The van der Waals surface area contributed by atoms with Crippen molar-refractivity contribution in [1.29, 1.82) is 0 Å². The van der Waals surface area contributed by atoms with Crippen LogP contribution in [0.5, 0.6) is 0 Å². The summed E-state index contributed by atoms with van der Waals surface area (Å²) < 4.78 is 0. The Kier molecular flexibility index (Phi) is 3.51. The van der Waals surface area contributed by atoms with E-state index < -0.39 is 0 Å². The fraction of sp³-hybridized carbons (Fsp3) is 0.0526. The SMILES string of the molecule is OC(=C1C=CC(Cc2ccccc2)=C1)c1ccccc1. The smallest absolute Gasteiger partial charge is 0.130 e. The maximum Gasteiger partial charge on any atom is 0.130 e. The molecule has 0 spiro atoms. The summed E-state index contributed by atoms with van der Waals surface area (Å²) in [6.45, 7) is 0. The fourth-order valence-electron chi connectivity index (χ4n) is 2.34. The highest BCUT2D eigenvalue weighted by Gasteiger charge is 2.09. The standard InChI is InChI=1S/C19H16O/c20-19(17-9-5-2-6-10-17)18-12-11-16(14-18)13-15-7-3-1-4-8-15/h1-12,14,20H,13H2. The van der Waals surface area contributed by atoms with Crippen LogP contribution in [0, 0.1) is 0 Å². The highest BCUT2D eigenvalue weighted by atomic mass is 16.3. The van der Waals surface area contributed by atoms with Crippen molar-refractivity contribution < 1.29 is 5.11 Å². The largest absolute Gasteiger partial charge is 0.507 e. The molecular formula is C19H16O. The van der Waals surface area contributed by atoms with E-state index in [9.17, 15) is 5.11 Å². The lowest BCUT2D eigenvalue weighted by atomic mass is 10.1. The van der Waals surface area contributed by atoms with E-state index in [4.69, 9.17) is 0 Å². The van der Waals surface area contributed by atoms with Crippen LogP contribution in [-0.4, -0.2) is 5.11 Å². The van der Waals surface area contributed by atoms with Crippen LogP contribution in [0.3, 0.4) is 0 Å². The number of rotatable bonds is 3. The molecule has 1 aliphatic rings. The van der Waals surface area contributed by atoms with Gasteiger partial charge in [-0.25, -0.2) is 0 Å². The second kappa shape index (κ2) is 5.62. The molecule has 0 saturated heterocycles. The van der Waals surface area contributed by atoms with Gasteiger partial charge in [-0.05, 0) is 23.6 Å². The second-order valence-electron chi connectivity index (χ2n) is 4.88. The Bertz CT molecular complexity index is 676. The zero-order valence-corrected chi connectivity index (χ0v) is 11.2. The zero-order chi connectivity index (χ0) is 13.8. The Morgan fingerprint density at radius 2 is 1.45 bits per heavy atom. The van der Waals surface area contributed by atoms with Crippen LogP contribution in [0.2, 0.25) is 0 Å². The Labute approximate surface area is 119 Å². The third kappa shape index (κ3) is 2.72. The van der Waals surface area contributed by atoms with Crippen LogP contribution in [-0.2, 0) is 6.42 Å². The van der Waals surface area contributed by atoms with Crippen molar-refractivity contribution in [1.82, 2.24) is 0 Å². The monoisotopic (exact) mass is 260 g/mol. The normalized spacial score (nSPS) is 16.1. The van der Waals surface area contributed by atoms with Crippen molar-refractivity contribution in [2.45, 2.75) is 6.42 Å². The summed E-state index contributed by atoms with van der Waals surface area (Å²) in [5.74, 6) is 0.338. The molecule has 0 aliphatic heterocycles. The van der Waals surface area contributed by atoms with E-state index in [2.05, 4.69) is 24.3 Å². The van der Waals surface area contributed by atoms with E-state index in [0.717, 1.165) is 17.6 Å². The lowest BCUT2D eigenvalue weighted by Gasteiger charge is -2.02. The Hall–Kier alpha value is -2.54. The Balaban J connectivity index is 1.83. The molecule has 0 aromatic heterocycles. The molecule has 0 bridgehead atoms. The van der Waals surface area contributed by atoms with Crippen LogP contribution in [0.4, 0.5) is 0 Å². The summed E-state index contributed by atoms with van der Waals surface area (Å²) in [5.41, 5.74) is 4.23. The lowest BCUT2D eigenvalue weighted by molar-refractivity contribution is 0.509. The predicted octanol–water partition coefficient (Wildman–Crippen LogP) is 4.69. The van der Waals surface area contributed by atoms with E-state index in [1.54, 1.807) is 0 Å². The third-order valence-corrected chi connectivity index (χ3v) is 3.39. The van der Waals surface area contributed by atoms with Gasteiger partial charge in [0.05, 0.1) is 0 Å². The summed E-state index contributed by atoms with van der Waals surface area (Å²) in [6.07, 6.45) is 6.99. The molecule has 2 aromatic carbocycles. The van der Waals surface area contributed by atoms with Gasteiger partial charge in [0.2, 0.25) is 0 Å². The molecule has 98 valence electrons. The van der Waals surface area contributed by atoms with Gasteiger partial charge in [0.25, 0.3) is 0 Å². The third-order valence-electron chi connectivity index (χ3n) is 3.39. The molecular weight excluding hydrogens is 244 g/mol. The molecule has 0 fully saturated rings. The summed E-state index contributed by atoms with van der Waals surface area (Å²) in [6, 6.07) is 20.0. The van der Waals surface area contributed by atoms with Crippen LogP contribution >= 0.6 is 0 Å². The van der Waals surface area contributed by atoms with Gasteiger partial charge in [0.15, 0.2) is 0 Å². The summed E-state index contributed by atoms with van der Waals surface area (Å²) in [7, 11) is 0. The van der Waals surface area contributed by atoms with Gasteiger partial charge in [-0.3, -0.25) is 0 Å². The van der Waals surface area contributed by atoms with Gasteiger partial charge in [0, 0.05) is 11.1 Å². The first-order valence-corrected chi connectivity index (χ1v) is 6.74. The van der Waals surface area contributed by atoms with Crippen molar-refractivity contribution in [3.05, 3.63) is 101 Å². The highest BCUT2D eigenvalue weighted by Crippen LogP contribution is 2.25. The van der Waals surface area contributed by atoms with Crippen LogP contribution in [0.1, 0.15) is 11.1 Å². The van der Waals surface area contributed by atoms with Crippen molar-refractivity contribution in [2.24, 2.45) is 0 Å². The first-order chi connectivity index (χ1) is 9.83.